The van der Waals surface area contributed by atoms with E-state index in [0.717, 1.165) is 27.8 Å². The number of carbonyl (C=O) groups excluding carboxylic acids is 2. The number of furan rings is 1. The number of carbonyl (C=O) groups is 2. The van der Waals surface area contributed by atoms with E-state index in [0.29, 0.717) is 19.5 Å². The van der Waals surface area contributed by atoms with Crippen molar-refractivity contribution in [2.24, 2.45) is 11.8 Å². The van der Waals surface area contributed by atoms with E-state index in [4.69, 9.17) is 9.62 Å². The molecule has 2 unspecified atom stereocenters. The average Bonchev–Trinajstić information content (AvgIpc) is 3.29. The molecule has 2 saturated heterocycles. The number of amides is 2. The maximum absolute atomic E-state index is 13.2. The van der Waals surface area contributed by atoms with Gasteiger partial charge in [0, 0.05) is 35.8 Å². The van der Waals surface area contributed by atoms with Crippen molar-refractivity contribution in [3.8, 4) is 11.1 Å². The van der Waals surface area contributed by atoms with Crippen LogP contribution < -0.4 is 10.4 Å². The molecule has 0 radical (unpaired) electrons. The Morgan fingerprint density at radius 2 is 1.85 bits per heavy atom. The molecule has 1 aromatic heterocycles. The van der Waals surface area contributed by atoms with E-state index in [1.807, 2.05) is 36.9 Å². The minimum Gasteiger partial charge on any atom is -0.464 e. The number of piperazine rings is 1. The third kappa shape index (κ3) is 3.73. The van der Waals surface area contributed by atoms with Gasteiger partial charge in [-0.25, -0.2) is 5.48 Å². The minimum absolute atomic E-state index is 0.0191. The number of nitrogens with zero attached hydrogens (tertiary/aromatic N) is 2. The van der Waals surface area contributed by atoms with Crippen molar-refractivity contribution in [3.05, 3.63) is 54.8 Å². The fourth-order valence-electron chi connectivity index (χ4n) is 5.58. The zero-order valence-electron chi connectivity index (χ0n) is 19.2. The molecular weight excluding hydrogens is 434 g/mol. The second-order valence-corrected chi connectivity index (χ2v) is 9.50. The van der Waals surface area contributed by atoms with Crippen LogP contribution in [0.1, 0.15) is 20.3 Å². The largest absolute Gasteiger partial charge is 0.464 e. The molecule has 0 spiro atoms. The highest BCUT2D eigenvalue weighted by Gasteiger charge is 2.48. The number of piperidine rings is 1. The molecule has 178 valence electrons. The summed E-state index contributed by atoms with van der Waals surface area (Å²) in [5, 5.41) is 20.2. The Labute approximate surface area is 197 Å². The number of benzene rings is 2. The van der Waals surface area contributed by atoms with Gasteiger partial charge in [0.15, 0.2) is 0 Å². The van der Waals surface area contributed by atoms with E-state index in [-0.39, 0.29) is 23.9 Å². The summed E-state index contributed by atoms with van der Waals surface area (Å²) in [6.07, 6.45) is 0.622. The molecule has 5 rings (SSSR count). The number of para-hydroxylation sites is 1. The van der Waals surface area contributed by atoms with Gasteiger partial charge in [-0.2, -0.15) is 0 Å². The summed E-state index contributed by atoms with van der Waals surface area (Å²) in [6.45, 7) is 5.37. The van der Waals surface area contributed by atoms with Gasteiger partial charge in [-0.1, -0.05) is 37.3 Å². The number of aliphatic hydroxyl groups is 1. The quantitative estimate of drug-likeness (QED) is 0.406. The Morgan fingerprint density at radius 1 is 1.12 bits per heavy atom. The van der Waals surface area contributed by atoms with Crippen LogP contribution in [-0.2, 0) is 9.59 Å². The van der Waals surface area contributed by atoms with Crippen LogP contribution >= 0.6 is 0 Å². The summed E-state index contributed by atoms with van der Waals surface area (Å²) >= 11 is 0. The molecule has 2 aliphatic heterocycles. The van der Waals surface area contributed by atoms with Crippen molar-refractivity contribution in [2.75, 3.05) is 18.0 Å². The van der Waals surface area contributed by atoms with E-state index in [1.165, 1.54) is 5.48 Å². The molecule has 2 aliphatic rings. The summed E-state index contributed by atoms with van der Waals surface area (Å²) in [5.74, 6) is -1.93. The molecule has 3 heterocycles. The maximum atomic E-state index is 13.2. The van der Waals surface area contributed by atoms with Crippen LogP contribution in [0, 0.1) is 11.8 Å². The van der Waals surface area contributed by atoms with E-state index < -0.39 is 17.9 Å². The highest BCUT2D eigenvalue weighted by Crippen LogP contribution is 2.37. The number of nitrogens with one attached hydrogen (secondary N) is 1. The zero-order valence-corrected chi connectivity index (χ0v) is 19.2. The highest BCUT2D eigenvalue weighted by atomic mass is 16.5. The van der Waals surface area contributed by atoms with Crippen molar-refractivity contribution in [2.45, 2.75) is 38.5 Å². The van der Waals surface area contributed by atoms with Gasteiger partial charge >= 0.3 is 0 Å². The Balaban J connectivity index is 1.35. The van der Waals surface area contributed by atoms with Crippen LogP contribution in [-0.4, -0.2) is 58.3 Å². The fourth-order valence-corrected chi connectivity index (χ4v) is 5.58. The van der Waals surface area contributed by atoms with Crippen LogP contribution in [0.3, 0.4) is 0 Å². The molecule has 8 nitrogen and oxygen atoms in total. The fraction of sp³-hybridized carbons (Fsp3) is 0.385. The van der Waals surface area contributed by atoms with Gasteiger partial charge in [-0.15, -0.1) is 0 Å². The molecule has 2 fully saturated rings. The van der Waals surface area contributed by atoms with E-state index in [2.05, 4.69) is 35.2 Å². The SMILES string of the molecule is CC1C[C@@H]([C@H](O)C(=O)NO)C(=O)N2C1CN(c1ccc(-c3coc4ccccc34)cc1)C[C@H]2C. The zero-order chi connectivity index (χ0) is 24.0. The summed E-state index contributed by atoms with van der Waals surface area (Å²) in [4.78, 5) is 29.0. The monoisotopic (exact) mass is 463 g/mol. The molecule has 34 heavy (non-hydrogen) atoms. The number of hydrogen-bond acceptors (Lipinski definition) is 6. The van der Waals surface area contributed by atoms with Crippen molar-refractivity contribution in [3.63, 3.8) is 0 Å². The van der Waals surface area contributed by atoms with Crippen LogP contribution in [0.4, 0.5) is 5.69 Å². The number of aliphatic hydroxyl groups excluding tert-OH is 1. The van der Waals surface area contributed by atoms with Crippen molar-refractivity contribution >= 4 is 28.5 Å². The van der Waals surface area contributed by atoms with Crippen LogP contribution in [0.5, 0.6) is 0 Å². The second kappa shape index (κ2) is 8.77. The first-order chi connectivity index (χ1) is 16.4. The molecule has 0 aliphatic carbocycles. The molecular formula is C26H29N3O5. The van der Waals surface area contributed by atoms with Gasteiger partial charge in [0.25, 0.3) is 5.91 Å². The Kier molecular flexibility index (Phi) is 5.79. The number of hydrogen-bond donors (Lipinski definition) is 3. The number of anilines is 1. The van der Waals surface area contributed by atoms with E-state index in [1.54, 1.807) is 6.26 Å². The predicted molar refractivity (Wildman–Crippen MR) is 127 cm³/mol. The van der Waals surface area contributed by atoms with Gasteiger partial charge < -0.3 is 19.3 Å². The lowest BCUT2D eigenvalue weighted by atomic mass is 9.78. The first-order valence-corrected chi connectivity index (χ1v) is 11.6. The van der Waals surface area contributed by atoms with Crippen LogP contribution in [0.2, 0.25) is 0 Å². The highest BCUT2D eigenvalue weighted by molar-refractivity contribution is 5.94. The molecule has 0 saturated carbocycles. The predicted octanol–water partition coefficient (Wildman–Crippen LogP) is 3.03. The lowest BCUT2D eigenvalue weighted by Crippen LogP contribution is -2.67. The van der Waals surface area contributed by atoms with E-state index >= 15 is 0 Å². The van der Waals surface area contributed by atoms with Gasteiger partial charge in [0.1, 0.15) is 11.7 Å². The number of fused-ring (bicyclic) bond motifs is 2. The smallest absolute Gasteiger partial charge is 0.272 e. The molecule has 3 N–H and O–H groups in total. The molecule has 3 aromatic rings. The lowest BCUT2D eigenvalue weighted by molar-refractivity contribution is -0.160. The van der Waals surface area contributed by atoms with Crippen LogP contribution in [0.25, 0.3) is 22.1 Å². The lowest BCUT2D eigenvalue weighted by Gasteiger charge is -2.53. The van der Waals surface area contributed by atoms with Gasteiger partial charge in [-0.05, 0) is 43.0 Å². The number of hydroxylamine groups is 1. The standard InChI is InChI=1S/C26H29N3O5/c1-15-11-20(24(30)25(31)27-33)26(32)29-16(2)12-28(13-22(15)29)18-9-7-17(8-10-18)21-14-34-23-6-4-3-5-19(21)23/h3-10,14-16,20,22,24,30,33H,11-13H2,1-2H3,(H,27,31)/t15?,16-,20+,22?,24+/m1/s1. The Morgan fingerprint density at radius 3 is 2.59 bits per heavy atom. The normalized spacial score (nSPS) is 25.8. The minimum atomic E-state index is -1.56. The molecule has 0 bridgehead atoms. The molecule has 2 amide bonds. The molecule has 5 atom stereocenters. The second-order valence-electron chi connectivity index (χ2n) is 9.50. The number of rotatable bonds is 4. The summed E-state index contributed by atoms with van der Waals surface area (Å²) < 4.78 is 5.69. The maximum Gasteiger partial charge on any atom is 0.272 e. The third-order valence-corrected chi connectivity index (χ3v) is 7.36. The Hall–Kier alpha value is -3.36. The Bertz CT molecular complexity index is 1210. The topological polar surface area (TPSA) is 106 Å². The van der Waals surface area contributed by atoms with Crippen molar-refractivity contribution in [1.29, 1.82) is 0 Å². The van der Waals surface area contributed by atoms with Gasteiger partial charge in [0.05, 0.1) is 18.2 Å². The van der Waals surface area contributed by atoms with E-state index in [9.17, 15) is 14.7 Å². The van der Waals surface area contributed by atoms with Crippen molar-refractivity contribution < 1.29 is 24.3 Å². The first kappa shape index (κ1) is 22.4. The average molecular weight is 464 g/mol. The molecule has 2 aromatic carbocycles. The van der Waals surface area contributed by atoms with Gasteiger partial charge in [-0.3, -0.25) is 14.8 Å². The first-order valence-electron chi connectivity index (χ1n) is 11.6. The summed E-state index contributed by atoms with van der Waals surface area (Å²) in [7, 11) is 0. The van der Waals surface area contributed by atoms with Crippen LogP contribution in [0.15, 0.2) is 59.2 Å². The van der Waals surface area contributed by atoms with Crippen molar-refractivity contribution in [1.82, 2.24) is 10.4 Å². The third-order valence-electron chi connectivity index (χ3n) is 7.36. The summed E-state index contributed by atoms with van der Waals surface area (Å²) in [5.41, 5.74) is 5.55. The van der Waals surface area contributed by atoms with Gasteiger partial charge in [0.2, 0.25) is 5.91 Å². The molecule has 8 heteroatoms. The summed E-state index contributed by atoms with van der Waals surface area (Å²) in [6, 6.07) is 16.3.